The summed E-state index contributed by atoms with van der Waals surface area (Å²) in [4.78, 5) is 38.4. The van der Waals surface area contributed by atoms with Crippen molar-refractivity contribution in [2.45, 2.75) is 13.8 Å². The van der Waals surface area contributed by atoms with Crippen molar-refractivity contribution < 1.29 is 19.5 Å². The molecule has 3 rings (SSSR count). The van der Waals surface area contributed by atoms with Gasteiger partial charge in [0.25, 0.3) is 11.1 Å². The van der Waals surface area contributed by atoms with Gasteiger partial charge < -0.3 is 10.4 Å². The van der Waals surface area contributed by atoms with Gasteiger partial charge in [0.05, 0.1) is 12.0 Å². The zero-order valence-corrected chi connectivity index (χ0v) is 20.6. The number of thioether (sulfide) groups is 1. The topological polar surface area (TPSA) is 86.7 Å². The number of hydrogen-bond acceptors (Lipinski definition) is 5. The van der Waals surface area contributed by atoms with Gasteiger partial charge in [-0.15, -0.1) is 0 Å². The van der Waals surface area contributed by atoms with Gasteiger partial charge in [-0.3, -0.25) is 19.3 Å². The Morgan fingerprint density at radius 3 is 2.41 bits per heavy atom. The van der Waals surface area contributed by atoms with E-state index in [0.29, 0.717) is 18.4 Å². The van der Waals surface area contributed by atoms with Gasteiger partial charge in [0.2, 0.25) is 5.91 Å². The molecule has 0 spiro atoms. The molecule has 0 atom stereocenters. The lowest BCUT2D eigenvalue weighted by atomic mass is 10.1. The fourth-order valence-electron chi connectivity index (χ4n) is 2.62. The highest BCUT2D eigenvalue weighted by atomic mass is 127. The molecular formula is C20H16I2N2O4S. The summed E-state index contributed by atoms with van der Waals surface area (Å²) in [5, 5.41) is 12.1. The Hall–Kier alpha value is -1.60. The van der Waals surface area contributed by atoms with E-state index in [1.165, 1.54) is 0 Å². The first-order valence-corrected chi connectivity index (χ1v) is 11.4. The van der Waals surface area contributed by atoms with E-state index < -0.39 is 17.1 Å². The van der Waals surface area contributed by atoms with Crippen molar-refractivity contribution >= 4 is 85.8 Å². The number of carbonyl (C=O) groups is 3. The fraction of sp³-hybridized carbons (Fsp3) is 0.150. The van der Waals surface area contributed by atoms with Gasteiger partial charge >= 0.3 is 0 Å². The van der Waals surface area contributed by atoms with Gasteiger partial charge in [-0.25, -0.2) is 0 Å². The van der Waals surface area contributed by atoms with Crippen LogP contribution in [0.2, 0.25) is 0 Å². The second-order valence-corrected chi connectivity index (χ2v) is 9.77. The van der Waals surface area contributed by atoms with Crippen molar-refractivity contribution in [3.05, 3.63) is 59.1 Å². The summed E-state index contributed by atoms with van der Waals surface area (Å²) in [6, 6.07) is 8.96. The fourth-order valence-corrected chi connectivity index (χ4v) is 5.27. The van der Waals surface area contributed by atoms with Gasteiger partial charge in [0.15, 0.2) is 0 Å². The number of rotatable bonds is 4. The van der Waals surface area contributed by atoms with Gasteiger partial charge in [-0.1, -0.05) is 6.07 Å². The Bertz CT molecular complexity index is 1050. The number of phenols is 1. The first kappa shape index (κ1) is 22.1. The van der Waals surface area contributed by atoms with Crippen LogP contribution in [0.25, 0.3) is 6.08 Å². The molecule has 0 radical (unpaired) electrons. The predicted octanol–water partition coefficient (Wildman–Crippen LogP) is 4.89. The van der Waals surface area contributed by atoms with Crippen molar-refractivity contribution in [1.29, 1.82) is 0 Å². The first-order chi connectivity index (χ1) is 13.7. The van der Waals surface area contributed by atoms with Crippen molar-refractivity contribution in [2.75, 3.05) is 11.9 Å². The lowest BCUT2D eigenvalue weighted by molar-refractivity contribution is -0.127. The lowest BCUT2D eigenvalue weighted by Crippen LogP contribution is -2.36. The van der Waals surface area contributed by atoms with E-state index in [2.05, 4.69) is 5.32 Å². The molecule has 2 aromatic rings. The van der Waals surface area contributed by atoms with Crippen LogP contribution in [0.15, 0.2) is 35.2 Å². The zero-order chi connectivity index (χ0) is 21.3. The van der Waals surface area contributed by atoms with Crippen LogP contribution in [-0.4, -0.2) is 33.6 Å². The lowest BCUT2D eigenvalue weighted by Gasteiger charge is -2.13. The van der Waals surface area contributed by atoms with Crippen LogP contribution < -0.4 is 5.32 Å². The highest BCUT2D eigenvalue weighted by molar-refractivity contribution is 14.1. The number of hydrogen-bond donors (Lipinski definition) is 2. The van der Waals surface area contributed by atoms with Crippen LogP contribution in [0.5, 0.6) is 5.75 Å². The van der Waals surface area contributed by atoms with E-state index in [9.17, 15) is 19.5 Å². The standard InChI is InChI=1S/C20H16I2N2O4S/c1-10-3-4-13(5-11(10)2)23-17(25)9-24-19(27)16(29-20(24)28)8-12-6-14(21)18(26)15(22)7-12/h3-8,26H,9H2,1-2H3,(H,23,25)/b16-8+. The Morgan fingerprint density at radius 2 is 1.79 bits per heavy atom. The molecule has 6 nitrogen and oxygen atoms in total. The van der Waals surface area contributed by atoms with Gasteiger partial charge in [-0.2, -0.15) is 0 Å². The van der Waals surface area contributed by atoms with E-state index in [1.54, 1.807) is 24.3 Å². The van der Waals surface area contributed by atoms with E-state index in [0.717, 1.165) is 27.8 Å². The molecule has 1 heterocycles. The van der Waals surface area contributed by atoms with Crippen molar-refractivity contribution in [1.82, 2.24) is 4.90 Å². The average Bonchev–Trinajstić information content (AvgIpc) is 2.90. The minimum Gasteiger partial charge on any atom is -0.506 e. The van der Waals surface area contributed by atoms with Crippen molar-refractivity contribution in [3.63, 3.8) is 0 Å². The van der Waals surface area contributed by atoms with Crippen LogP contribution in [0, 0.1) is 21.0 Å². The smallest absolute Gasteiger partial charge is 0.294 e. The third-order valence-electron chi connectivity index (χ3n) is 4.30. The predicted molar refractivity (Wildman–Crippen MR) is 131 cm³/mol. The molecule has 1 aliphatic rings. The SMILES string of the molecule is Cc1ccc(NC(=O)CN2C(=O)S/C(=C/c3cc(I)c(O)c(I)c3)C2=O)cc1C. The monoisotopic (exact) mass is 634 g/mol. The molecule has 0 unspecified atom stereocenters. The molecule has 1 saturated heterocycles. The Kier molecular flexibility index (Phi) is 6.89. The number of aryl methyl sites for hydroxylation is 2. The first-order valence-electron chi connectivity index (χ1n) is 8.46. The summed E-state index contributed by atoms with van der Waals surface area (Å²) >= 11 is 4.80. The number of phenolic OH excluding ortho intramolecular Hbond substituents is 1. The molecule has 0 aliphatic carbocycles. The molecule has 3 amide bonds. The number of halogens is 2. The molecule has 2 aromatic carbocycles. The maximum Gasteiger partial charge on any atom is 0.294 e. The van der Waals surface area contributed by atoms with E-state index in [-0.39, 0.29) is 17.2 Å². The second kappa shape index (κ2) is 9.04. The molecule has 0 aromatic heterocycles. The molecule has 9 heteroatoms. The number of benzene rings is 2. The normalized spacial score (nSPS) is 15.3. The summed E-state index contributed by atoms with van der Waals surface area (Å²) in [5.74, 6) is -0.765. The molecule has 0 saturated carbocycles. The highest BCUT2D eigenvalue weighted by Crippen LogP contribution is 2.34. The van der Waals surface area contributed by atoms with E-state index in [4.69, 9.17) is 0 Å². The average molecular weight is 634 g/mol. The summed E-state index contributed by atoms with van der Waals surface area (Å²) in [6.45, 7) is 3.57. The highest BCUT2D eigenvalue weighted by Gasteiger charge is 2.36. The van der Waals surface area contributed by atoms with Gasteiger partial charge in [-0.05, 0) is 118 Å². The number of nitrogens with one attached hydrogen (secondary N) is 1. The number of aromatic hydroxyl groups is 1. The number of amides is 3. The molecule has 2 N–H and O–H groups in total. The summed E-state index contributed by atoms with van der Waals surface area (Å²) < 4.78 is 1.29. The van der Waals surface area contributed by atoms with E-state index >= 15 is 0 Å². The zero-order valence-electron chi connectivity index (χ0n) is 15.5. The number of imide groups is 1. The summed E-state index contributed by atoms with van der Waals surface area (Å²) in [6.07, 6.45) is 1.59. The van der Waals surface area contributed by atoms with Gasteiger partial charge in [0, 0.05) is 5.69 Å². The van der Waals surface area contributed by atoms with E-state index in [1.807, 2.05) is 71.2 Å². The summed E-state index contributed by atoms with van der Waals surface area (Å²) in [7, 11) is 0. The molecule has 1 aliphatic heterocycles. The minimum atomic E-state index is -0.506. The molecular weight excluding hydrogens is 618 g/mol. The Balaban J connectivity index is 1.73. The van der Waals surface area contributed by atoms with Crippen molar-refractivity contribution in [2.24, 2.45) is 0 Å². The Morgan fingerprint density at radius 1 is 1.14 bits per heavy atom. The summed E-state index contributed by atoms with van der Waals surface area (Å²) in [5.41, 5.74) is 3.46. The third-order valence-corrected chi connectivity index (χ3v) is 6.85. The molecule has 29 heavy (non-hydrogen) atoms. The Labute approximate surface area is 199 Å². The molecule has 1 fully saturated rings. The van der Waals surface area contributed by atoms with Crippen LogP contribution in [-0.2, 0) is 9.59 Å². The maximum absolute atomic E-state index is 12.6. The maximum atomic E-state index is 12.6. The van der Waals surface area contributed by atoms with Gasteiger partial charge in [0.1, 0.15) is 12.3 Å². The van der Waals surface area contributed by atoms with Crippen LogP contribution in [0.1, 0.15) is 16.7 Å². The quantitative estimate of drug-likeness (QED) is 0.370. The van der Waals surface area contributed by atoms with Crippen LogP contribution in [0.4, 0.5) is 10.5 Å². The third kappa shape index (κ3) is 5.12. The second-order valence-electron chi connectivity index (χ2n) is 6.45. The van der Waals surface area contributed by atoms with Crippen LogP contribution in [0.3, 0.4) is 0 Å². The number of nitrogens with zero attached hydrogens (tertiary/aromatic N) is 1. The van der Waals surface area contributed by atoms with Crippen LogP contribution >= 0.6 is 56.9 Å². The largest absolute Gasteiger partial charge is 0.506 e. The van der Waals surface area contributed by atoms with Crippen molar-refractivity contribution in [3.8, 4) is 5.75 Å². The molecule has 0 bridgehead atoms. The number of anilines is 1. The number of carbonyl (C=O) groups excluding carboxylic acids is 3. The minimum absolute atomic E-state index is 0.180. The molecule has 150 valence electrons.